The zero-order chi connectivity index (χ0) is 18.4. The Kier molecular flexibility index (Phi) is 3.50. The number of phenols is 2. The number of H-pyrrole nitrogens is 2. The van der Waals surface area contributed by atoms with Gasteiger partial charge in [-0.3, -0.25) is 0 Å². The van der Waals surface area contributed by atoms with Crippen LogP contribution in [0.25, 0.3) is 28.2 Å². The van der Waals surface area contributed by atoms with Crippen molar-refractivity contribution in [2.45, 2.75) is 19.8 Å². The number of nitrogens with zero attached hydrogens (tertiary/aromatic N) is 4. The van der Waals surface area contributed by atoms with Gasteiger partial charge in [-0.2, -0.15) is 0 Å². The van der Waals surface area contributed by atoms with Crippen LogP contribution in [0.15, 0.2) is 35.8 Å². The second-order valence-corrected chi connectivity index (χ2v) is 6.20. The number of rotatable bonds is 3. The normalized spacial score (nSPS) is 11.5. The van der Waals surface area contributed by atoms with Gasteiger partial charge in [0, 0.05) is 17.8 Å². The van der Waals surface area contributed by atoms with Crippen molar-refractivity contribution < 1.29 is 10.2 Å². The summed E-state index contributed by atoms with van der Waals surface area (Å²) < 4.78 is 1.33. The summed E-state index contributed by atoms with van der Waals surface area (Å²) in [4.78, 5) is 30.3. The van der Waals surface area contributed by atoms with Gasteiger partial charge in [-0.25, -0.2) is 24.3 Å². The predicted molar refractivity (Wildman–Crippen MR) is 94.5 cm³/mol. The number of hydrogen-bond acceptors (Lipinski definition) is 6. The minimum Gasteiger partial charge on any atom is -0.508 e. The van der Waals surface area contributed by atoms with Gasteiger partial charge < -0.3 is 20.2 Å². The van der Waals surface area contributed by atoms with Gasteiger partial charge in [-0.15, -0.1) is 0 Å². The van der Waals surface area contributed by atoms with Crippen molar-refractivity contribution in [1.82, 2.24) is 29.5 Å². The summed E-state index contributed by atoms with van der Waals surface area (Å²) in [5, 5.41) is 20.4. The molecule has 0 spiro atoms. The van der Waals surface area contributed by atoms with Crippen molar-refractivity contribution in [3.63, 3.8) is 0 Å². The van der Waals surface area contributed by atoms with E-state index in [1.54, 1.807) is 6.07 Å². The minimum absolute atomic E-state index is 0.00340. The molecule has 0 bridgehead atoms. The minimum atomic E-state index is -0.423. The third-order valence-corrected chi connectivity index (χ3v) is 4.23. The molecule has 4 rings (SSSR count). The highest BCUT2D eigenvalue weighted by atomic mass is 16.3. The highest BCUT2D eigenvalue weighted by molar-refractivity contribution is 5.80. The molecule has 0 saturated heterocycles. The smallest absolute Gasteiger partial charge is 0.331 e. The van der Waals surface area contributed by atoms with E-state index in [1.165, 1.54) is 29.5 Å². The molecule has 0 radical (unpaired) electrons. The van der Waals surface area contributed by atoms with Crippen molar-refractivity contribution >= 4 is 11.2 Å². The number of hydrogen-bond donors (Lipinski definition) is 4. The lowest BCUT2D eigenvalue weighted by molar-refractivity contribution is 0.445. The van der Waals surface area contributed by atoms with Crippen LogP contribution >= 0.6 is 0 Å². The molecule has 9 heteroatoms. The summed E-state index contributed by atoms with van der Waals surface area (Å²) in [6.45, 7) is 3.86. The molecule has 4 aromatic rings. The fourth-order valence-electron chi connectivity index (χ4n) is 2.96. The number of nitrogens with one attached hydrogen (secondary N) is 2. The number of aromatic hydroxyl groups is 2. The van der Waals surface area contributed by atoms with Gasteiger partial charge in [0.25, 0.3) is 0 Å². The third-order valence-electron chi connectivity index (χ3n) is 4.23. The Bertz CT molecular complexity index is 1170. The van der Waals surface area contributed by atoms with Gasteiger partial charge in [0.05, 0.1) is 12.0 Å². The molecule has 0 unspecified atom stereocenters. The van der Waals surface area contributed by atoms with Crippen molar-refractivity contribution in [2.24, 2.45) is 0 Å². The first-order chi connectivity index (χ1) is 12.5. The summed E-state index contributed by atoms with van der Waals surface area (Å²) in [5.74, 6) is 0.206. The molecule has 9 nitrogen and oxygen atoms in total. The third kappa shape index (κ3) is 2.32. The number of aromatic nitrogens is 6. The maximum absolute atomic E-state index is 12.5. The van der Waals surface area contributed by atoms with E-state index in [0.717, 1.165) is 0 Å². The van der Waals surface area contributed by atoms with Crippen molar-refractivity contribution in [1.29, 1.82) is 0 Å². The van der Waals surface area contributed by atoms with E-state index in [1.807, 2.05) is 13.8 Å². The Morgan fingerprint density at radius 1 is 1.08 bits per heavy atom. The lowest BCUT2D eigenvalue weighted by Crippen LogP contribution is -2.17. The van der Waals surface area contributed by atoms with Gasteiger partial charge in [0.1, 0.15) is 23.3 Å². The van der Waals surface area contributed by atoms with Crippen LogP contribution in [0.3, 0.4) is 0 Å². The van der Waals surface area contributed by atoms with E-state index in [9.17, 15) is 15.0 Å². The fourth-order valence-corrected chi connectivity index (χ4v) is 2.96. The fraction of sp³-hybridized carbons (Fsp3) is 0.176. The SMILES string of the molecule is CC(C)c1cc(-c2c[nH]c(=O)n2-c2ncnc3nc[nH]c23)c(O)cc1O. The first-order valence-corrected chi connectivity index (χ1v) is 7.98. The van der Waals surface area contributed by atoms with Crippen LogP contribution in [0.1, 0.15) is 25.3 Å². The number of imidazole rings is 2. The maximum Gasteiger partial charge on any atom is 0.331 e. The number of aromatic amines is 2. The average Bonchev–Trinajstić information content (AvgIpc) is 3.21. The van der Waals surface area contributed by atoms with E-state index < -0.39 is 5.69 Å². The zero-order valence-electron chi connectivity index (χ0n) is 14.1. The molecular formula is C17H16N6O3. The van der Waals surface area contributed by atoms with Crippen molar-refractivity contribution in [3.8, 4) is 28.6 Å². The molecule has 1 aromatic carbocycles. The van der Waals surface area contributed by atoms with Gasteiger partial charge in [0.2, 0.25) is 0 Å². The van der Waals surface area contributed by atoms with Crippen LogP contribution < -0.4 is 5.69 Å². The van der Waals surface area contributed by atoms with Crippen LogP contribution in [0, 0.1) is 0 Å². The molecule has 0 aliphatic carbocycles. The highest BCUT2D eigenvalue weighted by Crippen LogP contribution is 2.38. The quantitative estimate of drug-likeness (QED) is 0.446. The van der Waals surface area contributed by atoms with Crippen molar-refractivity contribution in [2.75, 3.05) is 0 Å². The monoisotopic (exact) mass is 352 g/mol. The number of fused-ring (bicyclic) bond motifs is 1. The second kappa shape index (κ2) is 5.73. The summed E-state index contributed by atoms with van der Waals surface area (Å²) >= 11 is 0. The zero-order valence-corrected chi connectivity index (χ0v) is 14.1. The molecule has 132 valence electrons. The Hall–Kier alpha value is -3.62. The summed E-state index contributed by atoms with van der Waals surface area (Å²) in [6, 6.07) is 2.94. The molecule has 0 atom stereocenters. The standard InChI is InChI=1S/C17H16N6O3/c1-8(2)9-3-10(13(25)4-12(9)24)11-5-18-17(26)23(11)16-14-15(20-6-19-14)21-7-22-16/h3-8,24-25H,1-2H3,(H,18,26)(H,19,20,21,22). The molecule has 4 N–H and O–H groups in total. The first kappa shape index (κ1) is 15.9. The van der Waals surface area contributed by atoms with Crippen LogP contribution in [0.2, 0.25) is 0 Å². The highest BCUT2D eigenvalue weighted by Gasteiger charge is 2.20. The molecule has 3 heterocycles. The number of phenolic OH excluding ortho intramolecular Hbond substituents is 2. The van der Waals surface area contributed by atoms with Crippen LogP contribution in [-0.4, -0.2) is 39.7 Å². The Labute approximate surface area is 147 Å². The van der Waals surface area contributed by atoms with E-state index in [-0.39, 0.29) is 17.4 Å². The van der Waals surface area contributed by atoms with E-state index in [2.05, 4.69) is 24.9 Å². The van der Waals surface area contributed by atoms with Gasteiger partial charge in [0.15, 0.2) is 11.5 Å². The topological polar surface area (TPSA) is 133 Å². The van der Waals surface area contributed by atoms with Gasteiger partial charge >= 0.3 is 5.69 Å². The Balaban J connectivity index is 2.01. The van der Waals surface area contributed by atoms with E-state index >= 15 is 0 Å². The van der Waals surface area contributed by atoms with Crippen LogP contribution in [0.5, 0.6) is 11.5 Å². The van der Waals surface area contributed by atoms with Gasteiger partial charge in [-0.05, 0) is 17.5 Å². The Morgan fingerprint density at radius 3 is 2.65 bits per heavy atom. The summed E-state index contributed by atoms with van der Waals surface area (Å²) in [5.41, 5.74) is 1.96. The van der Waals surface area contributed by atoms with Gasteiger partial charge in [-0.1, -0.05) is 13.8 Å². The lowest BCUT2D eigenvalue weighted by atomic mass is 9.98. The van der Waals surface area contributed by atoms with E-state index in [4.69, 9.17) is 0 Å². The van der Waals surface area contributed by atoms with Crippen LogP contribution in [0.4, 0.5) is 0 Å². The number of benzene rings is 1. The molecule has 0 aliphatic rings. The second-order valence-electron chi connectivity index (χ2n) is 6.20. The first-order valence-electron chi connectivity index (χ1n) is 7.98. The maximum atomic E-state index is 12.5. The predicted octanol–water partition coefficient (Wildman–Crippen LogP) is 2.03. The summed E-state index contributed by atoms with van der Waals surface area (Å²) in [7, 11) is 0. The van der Waals surface area contributed by atoms with Crippen LogP contribution in [-0.2, 0) is 0 Å². The molecule has 3 aromatic heterocycles. The lowest BCUT2D eigenvalue weighted by Gasteiger charge is -2.14. The van der Waals surface area contributed by atoms with E-state index in [0.29, 0.717) is 33.8 Å². The largest absolute Gasteiger partial charge is 0.508 e. The molecule has 0 fully saturated rings. The van der Waals surface area contributed by atoms with Crippen molar-refractivity contribution in [3.05, 3.63) is 47.0 Å². The molecular weight excluding hydrogens is 336 g/mol. The molecule has 0 saturated carbocycles. The molecule has 0 amide bonds. The Morgan fingerprint density at radius 2 is 1.88 bits per heavy atom. The average molecular weight is 352 g/mol. The summed E-state index contributed by atoms with van der Waals surface area (Å²) in [6.07, 6.45) is 4.27. The molecule has 26 heavy (non-hydrogen) atoms. The molecule has 0 aliphatic heterocycles.